The molecule has 164 valence electrons. The van der Waals surface area contributed by atoms with Crippen LogP contribution >= 0.6 is 0 Å². The Morgan fingerprint density at radius 1 is 1.06 bits per heavy atom. The average Bonchev–Trinajstić information content (AvgIpc) is 3.23. The van der Waals surface area contributed by atoms with Crippen molar-refractivity contribution in [1.82, 2.24) is 25.1 Å². The van der Waals surface area contributed by atoms with E-state index < -0.39 is 5.82 Å². The van der Waals surface area contributed by atoms with Crippen LogP contribution in [0.25, 0.3) is 17.0 Å². The van der Waals surface area contributed by atoms with E-state index in [1.54, 1.807) is 29.8 Å². The van der Waals surface area contributed by atoms with Crippen molar-refractivity contribution in [2.75, 3.05) is 26.9 Å². The zero-order chi connectivity index (χ0) is 22.3. The summed E-state index contributed by atoms with van der Waals surface area (Å²) < 4.78 is 31.0. The number of aromatic nitrogens is 4. The van der Waals surface area contributed by atoms with Crippen molar-refractivity contribution in [1.29, 1.82) is 0 Å². The van der Waals surface area contributed by atoms with E-state index in [-0.39, 0.29) is 31.4 Å². The van der Waals surface area contributed by atoms with Gasteiger partial charge in [0.25, 0.3) is 5.91 Å². The third kappa shape index (κ3) is 4.91. The van der Waals surface area contributed by atoms with Crippen LogP contribution in [0.2, 0.25) is 0 Å². The Hall–Kier alpha value is -4.21. The molecule has 9 nitrogen and oxygen atoms in total. The number of halogens is 1. The van der Waals surface area contributed by atoms with Gasteiger partial charge >= 0.3 is 0 Å². The molecule has 0 saturated carbocycles. The Morgan fingerprint density at radius 2 is 1.94 bits per heavy atom. The molecule has 0 saturated heterocycles. The molecule has 0 aliphatic carbocycles. The summed E-state index contributed by atoms with van der Waals surface area (Å²) in [6.07, 6.45) is 0. The maximum absolute atomic E-state index is 13.1. The molecule has 0 atom stereocenters. The van der Waals surface area contributed by atoms with Gasteiger partial charge in [-0.3, -0.25) is 4.79 Å². The van der Waals surface area contributed by atoms with Crippen LogP contribution < -0.4 is 19.5 Å². The number of carbonyl (C=O) groups excluding carboxylic acids is 1. The van der Waals surface area contributed by atoms with E-state index in [1.807, 2.05) is 24.3 Å². The lowest BCUT2D eigenvalue weighted by Gasteiger charge is -2.09. The molecule has 0 aliphatic heterocycles. The summed E-state index contributed by atoms with van der Waals surface area (Å²) in [5.74, 6) is 1.03. The second-order valence-corrected chi connectivity index (χ2v) is 6.61. The number of ether oxygens (including phenoxy) is 3. The molecule has 1 amide bonds. The number of nitrogens with zero attached hydrogens (tertiary/aromatic N) is 4. The van der Waals surface area contributed by atoms with Crippen molar-refractivity contribution in [2.24, 2.45) is 0 Å². The predicted molar refractivity (Wildman–Crippen MR) is 113 cm³/mol. The maximum atomic E-state index is 13.1. The molecular formula is C22H20FN5O4. The number of carbonyl (C=O) groups is 1. The first-order valence-electron chi connectivity index (χ1n) is 9.78. The monoisotopic (exact) mass is 437 g/mol. The van der Waals surface area contributed by atoms with E-state index in [0.29, 0.717) is 23.1 Å². The molecule has 0 fully saturated rings. The largest absolute Gasteiger partial charge is 0.496 e. The van der Waals surface area contributed by atoms with E-state index in [0.717, 1.165) is 5.56 Å². The molecule has 0 aliphatic rings. The fourth-order valence-electron chi connectivity index (χ4n) is 2.95. The van der Waals surface area contributed by atoms with Gasteiger partial charge < -0.3 is 19.5 Å². The molecule has 0 unspecified atom stereocenters. The van der Waals surface area contributed by atoms with Crippen molar-refractivity contribution in [3.8, 4) is 28.8 Å². The van der Waals surface area contributed by atoms with E-state index in [1.165, 1.54) is 18.2 Å². The second kappa shape index (κ2) is 9.73. The number of amides is 1. The predicted octanol–water partition coefficient (Wildman–Crippen LogP) is 2.51. The third-order valence-corrected chi connectivity index (χ3v) is 4.43. The van der Waals surface area contributed by atoms with E-state index in [9.17, 15) is 9.18 Å². The van der Waals surface area contributed by atoms with Crippen molar-refractivity contribution < 1.29 is 23.4 Å². The van der Waals surface area contributed by atoms with Gasteiger partial charge in [0.15, 0.2) is 18.1 Å². The number of methoxy groups -OCH3 is 1. The number of benzene rings is 2. The summed E-state index contributed by atoms with van der Waals surface area (Å²) in [5.41, 5.74) is 1.30. The topological polar surface area (TPSA) is 99.9 Å². The van der Waals surface area contributed by atoms with Crippen LogP contribution in [0.3, 0.4) is 0 Å². The molecule has 2 heterocycles. The summed E-state index contributed by atoms with van der Waals surface area (Å²) in [6.45, 7) is 0.208. The number of fused-ring (bicyclic) bond motifs is 1. The molecule has 0 radical (unpaired) electrons. The van der Waals surface area contributed by atoms with Crippen LogP contribution in [0.5, 0.6) is 17.4 Å². The molecule has 0 spiro atoms. The zero-order valence-corrected chi connectivity index (χ0v) is 17.2. The van der Waals surface area contributed by atoms with E-state index in [2.05, 4.69) is 20.6 Å². The molecule has 2 aromatic heterocycles. The fourth-order valence-corrected chi connectivity index (χ4v) is 2.95. The van der Waals surface area contributed by atoms with Gasteiger partial charge in [0.2, 0.25) is 5.88 Å². The summed E-state index contributed by atoms with van der Waals surface area (Å²) in [5, 5.41) is 15.4. The summed E-state index contributed by atoms with van der Waals surface area (Å²) in [4.78, 5) is 11.9. The molecule has 4 aromatic rings. The second-order valence-electron chi connectivity index (χ2n) is 6.61. The van der Waals surface area contributed by atoms with E-state index in [4.69, 9.17) is 14.2 Å². The number of hydrogen-bond donors (Lipinski definition) is 1. The first-order chi connectivity index (χ1) is 15.6. The van der Waals surface area contributed by atoms with Gasteiger partial charge in [-0.2, -0.15) is 4.52 Å². The smallest absolute Gasteiger partial charge is 0.258 e. The van der Waals surface area contributed by atoms with Crippen molar-refractivity contribution in [3.63, 3.8) is 0 Å². The van der Waals surface area contributed by atoms with Gasteiger partial charge in [-0.25, -0.2) is 4.39 Å². The van der Waals surface area contributed by atoms with Crippen LogP contribution in [0.4, 0.5) is 4.39 Å². The Balaban J connectivity index is 1.32. The minimum Gasteiger partial charge on any atom is -0.496 e. The average molecular weight is 437 g/mol. The van der Waals surface area contributed by atoms with Gasteiger partial charge in [0.05, 0.1) is 19.2 Å². The molecule has 2 aromatic carbocycles. The highest BCUT2D eigenvalue weighted by Gasteiger charge is 2.14. The van der Waals surface area contributed by atoms with Crippen LogP contribution in [-0.2, 0) is 4.79 Å². The minimum atomic E-state index is -0.428. The molecule has 4 rings (SSSR count). The van der Waals surface area contributed by atoms with Crippen LogP contribution in [-0.4, -0.2) is 52.6 Å². The lowest BCUT2D eigenvalue weighted by Crippen LogP contribution is -2.32. The minimum absolute atomic E-state index is 0.191. The number of nitrogens with one attached hydrogen (secondary N) is 1. The third-order valence-electron chi connectivity index (χ3n) is 4.43. The quantitative estimate of drug-likeness (QED) is 0.402. The summed E-state index contributed by atoms with van der Waals surface area (Å²) >= 11 is 0. The highest BCUT2D eigenvalue weighted by molar-refractivity contribution is 5.77. The molecule has 0 bridgehead atoms. The Labute approximate surface area is 182 Å². The first kappa shape index (κ1) is 21.0. The Bertz CT molecular complexity index is 1230. The van der Waals surface area contributed by atoms with Crippen molar-refractivity contribution in [2.45, 2.75) is 0 Å². The number of hydrogen-bond acceptors (Lipinski definition) is 7. The first-order valence-corrected chi connectivity index (χ1v) is 9.78. The van der Waals surface area contributed by atoms with Gasteiger partial charge in [0.1, 0.15) is 23.9 Å². The summed E-state index contributed by atoms with van der Waals surface area (Å²) in [7, 11) is 1.58. The SMILES string of the molecule is COc1ccccc1-c1nnc2ccc(OCCNC(=O)COc3cccc(F)c3)nn12. The van der Waals surface area contributed by atoms with E-state index >= 15 is 0 Å². The normalized spacial score (nSPS) is 10.7. The molecular weight excluding hydrogens is 417 g/mol. The highest BCUT2D eigenvalue weighted by Crippen LogP contribution is 2.28. The van der Waals surface area contributed by atoms with Crippen molar-refractivity contribution in [3.05, 3.63) is 66.5 Å². The van der Waals surface area contributed by atoms with Crippen LogP contribution in [0.1, 0.15) is 0 Å². The molecule has 10 heteroatoms. The van der Waals surface area contributed by atoms with Crippen LogP contribution in [0, 0.1) is 5.82 Å². The highest BCUT2D eigenvalue weighted by atomic mass is 19.1. The molecule has 32 heavy (non-hydrogen) atoms. The van der Waals surface area contributed by atoms with Crippen LogP contribution in [0.15, 0.2) is 60.7 Å². The maximum Gasteiger partial charge on any atom is 0.258 e. The Morgan fingerprint density at radius 3 is 2.78 bits per heavy atom. The van der Waals surface area contributed by atoms with Gasteiger partial charge in [0, 0.05) is 12.1 Å². The number of rotatable bonds is 9. The van der Waals surface area contributed by atoms with Gasteiger partial charge in [-0.15, -0.1) is 15.3 Å². The fraction of sp³-hybridized carbons (Fsp3) is 0.182. The lowest BCUT2D eigenvalue weighted by molar-refractivity contribution is -0.123. The van der Waals surface area contributed by atoms with Crippen molar-refractivity contribution >= 4 is 11.6 Å². The molecule has 1 N–H and O–H groups in total. The van der Waals surface area contributed by atoms with Gasteiger partial charge in [-0.05, 0) is 30.3 Å². The standard InChI is InChI=1S/C22H20FN5O4/c1-30-18-8-3-2-7-17(18)22-26-25-19-9-10-21(27-28(19)22)31-12-11-24-20(29)14-32-16-6-4-5-15(23)13-16/h2-10,13H,11-12,14H2,1H3,(H,24,29). The van der Waals surface area contributed by atoms with Gasteiger partial charge in [-0.1, -0.05) is 18.2 Å². The zero-order valence-electron chi connectivity index (χ0n) is 17.2. The lowest BCUT2D eigenvalue weighted by atomic mass is 10.2. The number of para-hydroxylation sites is 1. The summed E-state index contributed by atoms with van der Waals surface area (Å²) in [6, 6.07) is 16.4. The Kier molecular flexibility index (Phi) is 6.40.